The maximum absolute atomic E-state index is 12.1. The topological polar surface area (TPSA) is 38.3 Å². The van der Waals surface area contributed by atoms with Gasteiger partial charge in [-0.15, -0.1) is 6.58 Å². The third kappa shape index (κ3) is 7.79. The lowest BCUT2D eigenvalue weighted by Crippen LogP contribution is -2.45. The Kier molecular flexibility index (Phi) is 6.87. The molecular formula is C11H18F3NO2. The van der Waals surface area contributed by atoms with Crippen LogP contribution in [0.5, 0.6) is 0 Å². The summed E-state index contributed by atoms with van der Waals surface area (Å²) < 4.78 is 41.3. The van der Waals surface area contributed by atoms with Crippen molar-refractivity contribution in [2.75, 3.05) is 13.2 Å². The summed E-state index contributed by atoms with van der Waals surface area (Å²) in [6.45, 7) is 7.44. The molecule has 0 aliphatic rings. The van der Waals surface area contributed by atoms with Gasteiger partial charge in [-0.1, -0.05) is 19.9 Å². The van der Waals surface area contributed by atoms with Crippen molar-refractivity contribution in [1.82, 2.24) is 5.32 Å². The fourth-order valence-electron chi connectivity index (χ4n) is 1.30. The van der Waals surface area contributed by atoms with Crippen molar-refractivity contribution in [2.45, 2.75) is 32.5 Å². The Hall–Kier alpha value is -1.04. The molecule has 0 aromatic heterocycles. The number of hydrogen-bond acceptors (Lipinski definition) is 2. The van der Waals surface area contributed by atoms with E-state index in [4.69, 9.17) is 4.74 Å². The summed E-state index contributed by atoms with van der Waals surface area (Å²) in [4.78, 5) is 10.8. The van der Waals surface area contributed by atoms with Gasteiger partial charge in [-0.25, -0.2) is 0 Å². The highest BCUT2D eigenvalue weighted by Crippen LogP contribution is 2.15. The van der Waals surface area contributed by atoms with Gasteiger partial charge >= 0.3 is 12.1 Å². The van der Waals surface area contributed by atoms with Gasteiger partial charge in [0.25, 0.3) is 0 Å². The summed E-state index contributed by atoms with van der Waals surface area (Å²) >= 11 is 0. The SMILES string of the molecule is C=CCOC[C@@H](CC(C)C)NC(=O)C(F)(F)F. The fraction of sp³-hybridized carbons (Fsp3) is 0.727. The van der Waals surface area contributed by atoms with E-state index in [1.54, 1.807) is 0 Å². The van der Waals surface area contributed by atoms with Gasteiger partial charge in [0.05, 0.1) is 19.3 Å². The van der Waals surface area contributed by atoms with Gasteiger partial charge in [0.15, 0.2) is 0 Å². The highest BCUT2D eigenvalue weighted by Gasteiger charge is 2.39. The Morgan fingerprint density at radius 3 is 2.47 bits per heavy atom. The normalized spacial score (nSPS) is 13.5. The number of carbonyl (C=O) groups excluding carboxylic acids is 1. The standard InChI is InChI=1S/C11H18F3NO2/c1-4-5-17-7-9(6-8(2)3)15-10(16)11(12,13)14/h4,8-9H,1,5-7H2,2-3H3,(H,15,16)/t9-/m1/s1. The van der Waals surface area contributed by atoms with Crippen LogP contribution < -0.4 is 5.32 Å². The molecule has 0 saturated heterocycles. The first-order valence-corrected chi connectivity index (χ1v) is 5.33. The number of alkyl halides is 3. The first kappa shape index (κ1) is 16.0. The van der Waals surface area contributed by atoms with Gasteiger partial charge in [-0.3, -0.25) is 4.79 Å². The van der Waals surface area contributed by atoms with E-state index < -0.39 is 18.1 Å². The third-order valence-corrected chi connectivity index (χ3v) is 1.90. The molecule has 100 valence electrons. The van der Waals surface area contributed by atoms with Crippen LogP contribution in [-0.2, 0) is 9.53 Å². The molecule has 0 aromatic rings. The predicted octanol–water partition coefficient (Wildman–Crippen LogP) is 2.28. The molecule has 0 aliphatic heterocycles. The summed E-state index contributed by atoms with van der Waals surface area (Å²) in [7, 11) is 0. The van der Waals surface area contributed by atoms with Crippen molar-refractivity contribution in [3.05, 3.63) is 12.7 Å². The number of ether oxygens (including phenoxy) is 1. The third-order valence-electron chi connectivity index (χ3n) is 1.90. The Morgan fingerprint density at radius 1 is 1.47 bits per heavy atom. The molecule has 0 aromatic carbocycles. The molecule has 0 bridgehead atoms. The maximum atomic E-state index is 12.1. The first-order chi connectivity index (χ1) is 7.77. The van der Waals surface area contributed by atoms with Crippen molar-refractivity contribution in [2.24, 2.45) is 5.92 Å². The largest absolute Gasteiger partial charge is 0.471 e. The molecule has 17 heavy (non-hydrogen) atoms. The molecule has 0 spiro atoms. The van der Waals surface area contributed by atoms with Gasteiger partial charge in [-0.2, -0.15) is 13.2 Å². The minimum Gasteiger partial charge on any atom is -0.375 e. The molecule has 0 aliphatic carbocycles. The summed E-state index contributed by atoms with van der Waals surface area (Å²) in [5.41, 5.74) is 0. The van der Waals surface area contributed by atoms with Crippen molar-refractivity contribution in [3.8, 4) is 0 Å². The molecule has 1 amide bonds. The van der Waals surface area contributed by atoms with E-state index in [0.29, 0.717) is 6.42 Å². The Labute approximate surface area is 99.0 Å². The van der Waals surface area contributed by atoms with Crippen LogP contribution >= 0.6 is 0 Å². The van der Waals surface area contributed by atoms with E-state index in [9.17, 15) is 18.0 Å². The molecule has 0 heterocycles. The second-order valence-electron chi connectivity index (χ2n) is 4.12. The number of amides is 1. The van der Waals surface area contributed by atoms with E-state index in [1.807, 2.05) is 19.2 Å². The van der Waals surface area contributed by atoms with Crippen LogP contribution in [0.15, 0.2) is 12.7 Å². The predicted molar refractivity (Wildman–Crippen MR) is 58.5 cm³/mol. The fourth-order valence-corrected chi connectivity index (χ4v) is 1.30. The summed E-state index contributed by atoms with van der Waals surface area (Å²) in [5.74, 6) is -1.76. The minimum atomic E-state index is -4.85. The zero-order valence-corrected chi connectivity index (χ0v) is 10.0. The smallest absolute Gasteiger partial charge is 0.375 e. The second-order valence-corrected chi connectivity index (χ2v) is 4.12. The number of nitrogens with one attached hydrogen (secondary N) is 1. The molecule has 0 unspecified atom stereocenters. The van der Waals surface area contributed by atoms with Crippen LogP contribution in [0.3, 0.4) is 0 Å². The van der Waals surface area contributed by atoms with Crippen molar-refractivity contribution in [1.29, 1.82) is 0 Å². The average molecular weight is 253 g/mol. The van der Waals surface area contributed by atoms with Crippen LogP contribution in [0.25, 0.3) is 0 Å². The van der Waals surface area contributed by atoms with Gasteiger partial charge < -0.3 is 10.1 Å². The highest BCUT2D eigenvalue weighted by molar-refractivity contribution is 5.81. The Morgan fingerprint density at radius 2 is 2.06 bits per heavy atom. The van der Waals surface area contributed by atoms with E-state index in [-0.39, 0.29) is 19.1 Å². The van der Waals surface area contributed by atoms with Crippen LogP contribution in [-0.4, -0.2) is 31.3 Å². The molecular weight excluding hydrogens is 235 g/mol. The first-order valence-electron chi connectivity index (χ1n) is 5.33. The van der Waals surface area contributed by atoms with Crippen molar-refractivity contribution >= 4 is 5.91 Å². The molecule has 0 radical (unpaired) electrons. The van der Waals surface area contributed by atoms with Crippen LogP contribution in [0.4, 0.5) is 13.2 Å². The molecule has 3 nitrogen and oxygen atoms in total. The zero-order valence-electron chi connectivity index (χ0n) is 10.0. The molecule has 0 rings (SSSR count). The van der Waals surface area contributed by atoms with Gasteiger partial charge in [-0.05, 0) is 12.3 Å². The Bertz CT molecular complexity index is 252. The van der Waals surface area contributed by atoms with Crippen LogP contribution in [0.2, 0.25) is 0 Å². The molecule has 1 N–H and O–H groups in total. The quantitative estimate of drug-likeness (QED) is 0.558. The second kappa shape index (κ2) is 7.32. The van der Waals surface area contributed by atoms with Crippen molar-refractivity contribution < 1.29 is 22.7 Å². The van der Waals surface area contributed by atoms with Gasteiger partial charge in [0.2, 0.25) is 0 Å². The molecule has 6 heteroatoms. The summed E-state index contributed by atoms with van der Waals surface area (Å²) in [6, 6.07) is -0.635. The maximum Gasteiger partial charge on any atom is 0.471 e. The zero-order chi connectivity index (χ0) is 13.5. The van der Waals surface area contributed by atoms with Gasteiger partial charge in [0, 0.05) is 0 Å². The van der Waals surface area contributed by atoms with Crippen LogP contribution in [0, 0.1) is 5.92 Å². The number of hydrogen-bond donors (Lipinski definition) is 1. The lowest BCUT2D eigenvalue weighted by molar-refractivity contribution is -0.174. The number of halogens is 3. The molecule has 1 atom stereocenters. The lowest BCUT2D eigenvalue weighted by Gasteiger charge is -2.21. The minimum absolute atomic E-state index is 0.0476. The number of carbonyl (C=O) groups is 1. The number of rotatable bonds is 7. The summed E-state index contributed by atoms with van der Waals surface area (Å²) in [6.07, 6.45) is -2.93. The monoisotopic (exact) mass is 253 g/mol. The van der Waals surface area contributed by atoms with E-state index in [1.165, 1.54) is 6.08 Å². The van der Waals surface area contributed by atoms with Crippen LogP contribution in [0.1, 0.15) is 20.3 Å². The highest BCUT2D eigenvalue weighted by atomic mass is 19.4. The van der Waals surface area contributed by atoms with Crippen molar-refractivity contribution in [3.63, 3.8) is 0 Å². The Balaban J connectivity index is 4.27. The average Bonchev–Trinajstić information content (AvgIpc) is 2.15. The summed E-state index contributed by atoms with van der Waals surface area (Å²) in [5, 5.41) is 1.92. The van der Waals surface area contributed by atoms with E-state index >= 15 is 0 Å². The van der Waals surface area contributed by atoms with E-state index in [0.717, 1.165) is 0 Å². The lowest BCUT2D eigenvalue weighted by atomic mass is 10.0. The molecule has 0 saturated carbocycles. The van der Waals surface area contributed by atoms with Gasteiger partial charge in [0.1, 0.15) is 0 Å². The van der Waals surface area contributed by atoms with E-state index in [2.05, 4.69) is 6.58 Å². The molecule has 0 fully saturated rings.